The maximum Gasteiger partial charge on any atom is 0.416 e. The lowest BCUT2D eigenvalue weighted by Crippen LogP contribution is -3.15. The molecule has 0 bridgehead atoms. The van der Waals surface area contributed by atoms with Crippen molar-refractivity contribution in [2.45, 2.75) is 19.1 Å². The fraction of sp³-hybridized carbons (Fsp3) is 0.421. The summed E-state index contributed by atoms with van der Waals surface area (Å²) in [5, 5.41) is 4.99. The zero-order valence-electron chi connectivity index (χ0n) is 15.1. The third-order valence-electron chi connectivity index (χ3n) is 4.77. The second-order valence-corrected chi connectivity index (χ2v) is 7.75. The van der Waals surface area contributed by atoms with E-state index in [2.05, 4.69) is 5.32 Å². The smallest absolute Gasteiger partial charge is 0.360 e. The van der Waals surface area contributed by atoms with Crippen LogP contribution < -0.4 is 15.1 Å². The topological polar surface area (TPSA) is 36.8 Å². The second kappa shape index (κ2) is 8.31. The van der Waals surface area contributed by atoms with Crippen LogP contribution in [-0.2, 0) is 11.0 Å². The van der Waals surface area contributed by atoms with Crippen molar-refractivity contribution in [3.05, 3.63) is 52.2 Å². The molecule has 1 aliphatic rings. The average Bonchev–Trinajstić information content (AvgIpc) is 3.16. The number of alkyl halides is 3. The van der Waals surface area contributed by atoms with Crippen molar-refractivity contribution in [1.29, 1.82) is 0 Å². The summed E-state index contributed by atoms with van der Waals surface area (Å²) >= 11 is 1.61. The highest BCUT2D eigenvalue weighted by Gasteiger charge is 2.31. The predicted molar refractivity (Wildman–Crippen MR) is 100 cm³/mol. The standard InChI is InChI=1S/C19H22F3N3OS/c1-14(17-6-3-11-27-17)23-18(26)13-24-7-9-25(10-8-24)16-5-2-4-15(12-16)19(20,21)22/h2-6,11-12,14H,7-10,13H2,1H3,(H,23,26)/p+1/t14-/m0/s1. The molecular weight excluding hydrogens is 375 g/mol. The van der Waals surface area contributed by atoms with E-state index < -0.39 is 11.7 Å². The molecule has 0 aliphatic carbocycles. The molecule has 4 nitrogen and oxygen atoms in total. The zero-order chi connectivity index (χ0) is 19.4. The number of quaternary nitrogens is 1. The minimum atomic E-state index is -4.33. The number of rotatable bonds is 5. The van der Waals surface area contributed by atoms with Gasteiger partial charge in [-0.05, 0) is 36.6 Å². The van der Waals surface area contributed by atoms with Crippen LogP contribution in [0.2, 0.25) is 0 Å². The van der Waals surface area contributed by atoms with E-state index in [0.29, 0.717) is 25.3 Å². The molecule has 27 heavy (non-hydrogen) atoms. The van der Waals surface area contributed by atoms with Crippen molar-refractivity contribution < 1.29 is 22.9 Å². The van der Waals surface area contributed by atoms with Gasteiger partial charge in [0.1, 0.15) is 0 Å². The Morgan fingerprint density at radius 2 is 2.00 bits per heavy atom. The van der Waals surface area contributed by atoms with Crippen LogP contribution in [0.1, 0.15) is 23.4 Å². The Bertz CT molecular complexity index is 756. The van der Waals surface area contributed by atoms with Gasteiger partial charge in [-0.2, -0.15) is 13.2 Å². The van der Waals surface area contributed by atoms with Gasteiger partial charge in [0.25, 0.3) is 5.91 Å². The monoisotopic (exact) mass is 398 g/mol. The molecule has 0 saturated carbocycles. The number of piperazine rings is 1. The number of hydrogen-bond donors (Lipinski definition) is 2. The molecule has 8 heteroatoms. The van der Waals surface area contributed by atoms with Crippen molar-refractivity contribution in [2.24, 2.45) is 0 Å². The van der Waals surface area contributed by atoms with E-state index in [1.807, 2.05) is 29.3 Å². The van der Waals surface area contributed by atoms with Gasteiger partial charge >= 0.3 is 6.18 Å². The predicted octanol–water partition coefficient (Wildman–Crippen LogP) is 2.35. The van der Waals surface area contributed by atoms with Crippen LogP contribution >= 0.6 is 11.3 Å². The molecule has 1 fully saturated rings. The van der Waals surface area contributed by atoms with Gasteiger partial charge in [-0.1, -0.05) is 12.1 Å². The number of hydrogen-bond acceptors (Lipinski definition) is 3. The maximum atomic E-state index is 12.9. The molecule has 1 amide bonds. The summed E-state index contributed by atoms with van der Waals surface area (Å²) in [5.74, 6) is -0.00146. The molecular formula is C19H23F3N3OS+. The molecule has 0 radical (unpaired) electrons. The molecule has 1 atom stereocenters. The highest BCUT2D eigenvalue weighted by atomic mass is 32.1. The number of thiophene rings is 1. The molecule has 1 saturated heterocycles. The molecule has 1 aliphatic heterocycles. The summed E-state index contributed by atoms with van der Waals surface area (Å²) in [5.41, 5.74) is -0.0450. The Morgan fingerprint density at radius 3 is 2.63 bits per heavy atom. The maximum absolute atomic E-state index is 12.9. The Morgan fingerprint density at radius 1 is 1.26 bits per heavy atom. The van der Waals surface area contributed by atoms with Gasteiger partial charge in [0.05, 0.1) is 37.8 Å². The van der Waals surface area contributed by atoms with Gasteiger partial charge < -0.3 is 15.1 Å². The van der Waals surface area contributed by atoms with Gasteiger partial charge in [0.2, 0.25) is 0 Å². The number of amides is 1. The van der Waals surface area contributed by atoms with Gasteiger partial charge in [0.15, 0.2) is 6.54 Å². The molecule has 2 heterocycles. The van der Waals surface area contributed by atoms with E-state index in [0.717, 1.165) is 28.9 Å². The summed E-state index contributed by atoms with van der Waals surface area (Å²) in [6.07, 6.45) is -4.33. The number of benzene rings is 1. The zero-order valence-corrected chi connectivity index (χ0v) is 15.9. The largest absolute Gasteiger partial charge is 0.416 e. The fourth-order valence-electron chi connectivity index (χ4n) is 3.27. The Hall–Kier alpha value is -2.06. The first-order chi connectivity index (χ1) is 12.8. The van der Waals surface area contributed by atoms with Crippen LogP contribution in [0.25, 0.3) is 0 Å². The van der Waals surface area contributed by atoms with Crippen LogP contribution in [0.5, 0.6) is 0 Å². The third kappa shape index (κ3) is 5.23. The van der Waals surface area contributed by atoms with E-state index in [1.54, 1.807) is 17.4 Å². The highest BCUT2D eigenvalue weighted by Crippen LogP contribution is 2.31. The lowest BCUT2D eigenvalue weighted by molar-refractivity contribution is -0.892. The van der Waals surface area contributed by atoms with E-state index in [-0.39, 0.29) is 11.9 Å². The van der Waals surface area contributed by atoms with Crippen LogP contribution in [0.3, 0.4) is 0 Å². The Balaban J connectivity index is 1.50. The number of carbonyl (C=O) groups excluding carboxylic acids is 1. The van der Waals surface area contributed by atoms with E-state index in [9.17, 15) is 18.0 Å². The van der Waals surface area contributed by atoms with E-state index in [1.165, 1.54) is 12.1 Å². The third-order valence-corrected chi connectivity index (χ3v) is 5.82. The van der Waals surface area contributed by atoms with Gasteiger partial charge in [-0.3, -0.25) is 4.79 Å². The Kier molecular flexibility index (Phi) is 6.06. The normalized spacial score (nSPS) is 17.0. The molecule has 1 aromatic carbocycles. The van der Waals surface area contributed by atoms with Gasteiger partial charge in [-0.15, -0.1) is 11.3 Å². The minimum absolute atomic E-state index is 0.00146. The number of halogens is 3. The molecule has 2 aromatic rings. The van der Waals surface area contributed by atoms with Crippen molar-refractivity contribution >= 4 is 22.9 Å². The van der Waals surface area contributed by atoms with E-state index in [4.69, 9.17) is 0 Å². The quantitative estimate of drug-likeness (QED) is 0.811. The van der Waals surface area contributed by atoms with Crippen LogP contribution in [-0.4, -0.2) is 38.6 Å². The first kappa shape index (κ1) is 19.7. The first-order valence-electron chi connectivity index (χ1n) is 8.91. The SMILES string of the molecule is C[C@H](NC(=O)C[NH+]1CCN(c2cccc(C(F)(F)F)c2)CC1)c1cccs1. The summed E-state index contributed by atoms with van der Waals surface area (Å²) in [6, 6.07) is 9.37. The number of anilines is 1. The van der Waals surface area contributed by atoms with Gasteiger partial charge in [-0.25, -0.2) is 0 Å². The minimum Gasteiger partial charge on any atom is -0.360 e. The van der Waals surface area contributed by atoms with Crippen molar-refractivity contribution in [2.75, 3.05) is 37.6 Å². The Labute approximate surface area is 160 Å². The summed E-state index contributed by atoms with van der Waals surface area (Å²) < 4.78 is 38.6. The lowest BCUT2D eigenvalue weighted by atomic mass is 10.1. The average molecular weight is 398 g/mol. The lowest BCUT2D eigenvalue weighted by Gasteiger charge is -2.33. The van der Waals surface area contributed by atoms with Crippen molar-refractivity contribution in [3.8, 4) is 0 Å². The molecule has 3 rings (SSSR count). The first-order valence-corrected chi connectivity index (χ1v) is 9.79. The van der Waals surface area contributed by atoms with Crippen LogP contribution in [0, 0.1) is 0 Å². The van der Waals surface area contributed by atoms with Gasteiger partial charge in [0, 0.05) is 10.6 Å². The van der Waals surface area contributed by atoms with Crippen molar-refractivity contribution in [3.63, 3.8) is 0 Å². The van der Waals surface area contributed by atoms with Crippen LogP contribution in [0.15, 0.2) is 41.8 Å². The number of nitrogens with one attached hydrogen (secondary N) is 2. The highest BCUT2D eigenvalue weighted by molar-refractivity contribution is 7.10. The summed E-state index contributed by atoms with van der Waals surface area (Å²) in [4.78, 5) is 16.5. The van der Waals surface area contributed by atoms with E-state index >= 15 is 0 Å². The molecule has 2 N–H and O–H groups in total. The fourth-order valence-corrected chi connectivity index (χ4v) is 4.00. The molecule has 1 aromatic heterocycles. The molecule has 0 unspecified atom stereocenters. The summed E-state index contributed by atoms with van der Waals surface area (Å²) in [7, 11) is 0. The molecule has 0 spiro atoms. The van der Waals surface area contributed by atoms with Crippen molar-refractivity contribution in [1.82, 2.24) is 5.32 Å². The van der Waals surface area contributed by atoms with Crippen LogP contribution in [0.4, 0.5) is 18.9 Å². The number of nitrogens with zero attached hydrogens (tertiary/aromatic N) is 1. The second-order valence-electron chi connectivity index (χ2n) is 6.77. The molecule has 146 valence electrons. The summed E-state index contributed by atoms with van der Waals surface area (Å²) in [6.45, 7) is 5.04. The number of carbonyl (C=O) groups is 1.